The first-order valence-corrected chi connectivity index (χ1v) is 9.21. The number of benzene rings is 2. The number of carbonyl (C=O) groups is 2. The van der Waals surface area contributed by atoms with E-state index in [0.29, 0.717) is 24.3 Å². The maximum Gasteiger partial charge on any atom is 0.258 e. The third-order valence-electron chi connectivity index (χ3n) is 4.94. The van der Waals surface area contributed by atoms with Gasteiger partial charge >= 0.3 is 0 Å². The number of nitrogens with one attached hydrogen (secondary N) is 2. The predicted octanol–water partition coefficient (Wildman–Crippen LogP) is 2.83. The van der Waals surface area contributed by atoms with Crippen LogP contribution in [0.4, 0.5) is 11.4 Å². The molecule has 134 valence electrons. The molecule has 0 bridgehead atoms. The molecule has 0 atom stereocenters. The summed E-state index contributed by atoms with van der Waals surface area (Å²) in [5.41, 5.74) is 3.43. The average molecular weight is 349 g/mol. The topological polar surface area (TPSA) is 61.4 Å². The van der Waals surface area contributed by atoms with Crippen molar-refractivity contribution in [1.82, 2.24) is 5.32 Å². The predicted molar refractivity (Wildman–Crippen MR) is 102 cm³/mol. The molecule has 0 unspecified atom stereocenters. The summed E-state index contributed by atoms with van der Waals surface area (Å²) in [7, 11) is 0. The third kappa shape index (κ3) is 3.78. The fraction of sp³-hybridized carbons (Fsp3) is 0.333. The summed E-state index contributed by atoms with van der Waals surface area (Å²) in [5.74, 6) is 0.631. The fourth-order valence-electron chi connectivity index (χ4n) is 3.35. The number of hydrogen-bond donors (Lipinski definition) is 2. The van der Waals surface area contributed by atoms with E-state index in [0.717, 1.165) is 24.6 Å². The molecular weight excluding hydrogens is 326 g/mol. The van der Waals surface area contributed by atoms with Crippen LogP contribution in [0.2, 0.25) is 0 Å². The fourth-order valence-corrected chi connectivity index (χ4v) is 3.35. The zero-order chi connectivity index (χ0) is 17.9. The molecule has 2 aromatic rings. The Labute approximate surface area is 153 Å². The van der Waals surface area contributed by atoms with Crippen LogP contribution in [0.3, 0.4) is 0 Å². The molecule has 1 saturated carbocycles. The van der Waals surface area contributed by atoms with Gasteiger partial charge in [-0.2, -0.15) is 0 Å². The van der Waals surface area contributed by atoms with Gasteiger partial charge in [0.05, 0.1) is 6.54 Å². The van der Waals surface area contributed by atoms with Crippen LogP contribution in [0.25, 0.3) is 0 Å². The number of rotatable bonds is 6. The molecule has 0 aromatic heterocycles. The standard InChI is InChI=1S/C21H23N3O2/c25-20(14-22-13-15-8-9-15)23-18-6-3-5-17(12-18)21(26)24-11-10-16-4-1-2-7-19(16)24/h1-7,12,15,22H,8-11,13-14H2,(H,23,25). The lowest BCUT2D eigenvalue weighted by atomic mass is 10.1. The van der Waals surface area contributed by atoms with Crippen LogP contribution >= 0.6 is 0 Å². The first-order valence-electron chi connectivity index (χ1n) is 9.21. The van der Waals surface area contributed by atoms with E-state index >= 15 is 0 Å². The normalized spacial score (nSPS) is 15.6. The Kier molecular flexibility index (Phi) is 4.71. The zero-order valence-corrected chi connectivity index (χ0v) is 14.7. The zero-order valence-electron chi connectivity index (χ0n) is 14.7. The number of fused-ring (bicyclic) bond motifs is 1. The molecule has 4 rings (SSSR count). The summed E-state index contributed by atoms with van der Waals surface area (Å²) in [6, 6.07) is 15.2. The van der Waals surface area contributed by atoms with Crippen molar-refractivity contribution in [2.24, 2.45) is 5.92 Å². The van der Waals surface area contributed by atoms with Crippen molar-refractivity contribution in [2.45, 2.75) is 19.3 Å². The van der Waals surface area contributed by atoms with Gasteiger partial charge in [-0.1, -0.05) is 24.3 Å². The van der Waals surface area contributed by atoms with Crippen LogP contribution in [0.5, 0.6) is 0 Å². The summed E-state index contributed by atoms with van der Waals surface area (Å²) in [6.07, 6.45) is 3.40. The molecule has 2 N–H and O–H groups in total. The van der Waals surface area contributed by atoms with Crippen LogP contribution in [-0.2, 0) is 11.2 Å². The first-order chi connectivity index (χ1) is 12.7. The number of anilines is 2. The van der Waals surface area contributed by atoms with Gasteiger partial charge in [0.2, 0.25) is 5.91 Å². The van der Waals surface area contributed by atoms with Crippen molar-refractivity contribution in [3.8, 4) is 0 Å². The minimum Gasteiger partial charge on any atom is -0.325 e. The quantitative estimate of drug-likeness (QED) is 0.843. The monoisotopic (exact) mass is 349 g/mol. The Morgan fingerprint density at radius 2 is 1.92 bits per heavy atom. The van der Waals surface area contributed by atoms with E-state index in [-0.39, 0.29) is 11.8 Å². The molecular formula is C21H23N3O2. The molecule has 1 fully saturated rings. The average Bonchev–Trinajstić information content (AvgIpc) is 3.38. The Balaban J connectivity index is 1.40. The molecule has 0 spiro atoms. The van der Waals surface area contributed by atoms with Crippen molar-refractivity contribution in [1.29, 1.82) is 0 Å². The van der Waals surface area contributed by atoms with Crippen LogP contribution in [0.15, 0.2) is 48.5 Å². The van der Waals surface area contributed by atoms with Gasteiger partial charge in [0, 0.05) is 23.5 Å². The van der Waals surface area contributed by atoms with E-state index in [1.54, 1.807) is 12.1 Å². The smallest absolute Gasteiger partial charge is 0.258 e. The Morgan fingerprint density at radius 1 is 1.08 bits per heavy atom. The second-order valence-corrected chi connectivity index (χ2v) is 7.04. The number of carbonyl (C=O) groups excluding carboxylic acids is 2. The molecule has 1 aliphatic heterocycles. The minimum absolute atomic E-state index is 0.0297. The van der Waals surface area contributed by atoms with Crippen molar-refractivity contribution in [3.63, 3.8) is 0 Å². The van der Waals surface area contributed by atoms with E-state index in [1.165, 1.54) is 18.4 Å². The molecule has 2 amide bonds. The molecule has 5 nitrogen and oxygen atoms in total. The van der Waals surface area contributed by atoms with Crippen molar-refractivity contribution < 1.29 is 9.59 Å². The van der Waals surface area contributed by atoms with E-state index in [2.05, 4.69) is 16.7 Å². The molecule has 1 aliphatic carbocycles. The summed E-state index contributed by atoms with van der Waals surface area (Å²) in [5, 5.41) is 6.04. The third-order valence-corrected chi connectivity index (χ3v) is 4.94. The highest BCUT2D eigenvalue weighted by molar-refractivity contribution is 6.08. The Morgan fingerprint density at radius 3 is 2.77 bits per heavy atom. The van der Waals surface area contributed by atoms with Gasteiger partial charge < -0.3 is 15.5 Å². The van der Waals surface area contributed by atoms with Crippen LogP contribution in [0.1, 0.15) is 28.8 Å². The molecule has 1 heterocycles. The lowest BCUT2D eigenvalue weighted by molar-refractivity contribution is -0.115. The van der Waals surface area contributed by atoms with E-state index < -0.39 is 0 Å². The summed E-state index contributed by atoms with van der Waals surface area (Å²) in [6.45, 7) is 1.90. The summed E-state index contributed by atoms with van der Waals surface area (Å²) < 4.78 is 0. The van der Waals surface area contributed by atoms with Gasteiger partial charge in [0.1, 0.15) is 0 Å². The molecule has 0 radical (unpaired) electrons. The van der Waals surface area contributed by atoms with Gasteiger partial charge in [-0.15, -0.1) is 0 Å². The van der Waals surface area contributed by atoms with Gasteiger partial charge in [0.25, 0.3) is 5.91 Å². The minimum atomic E-state index is -0.0817. The lowest BCUT2D eigenvalue weighted by Crippen LogP contribution is -2.30. The van der Waals surface area contributed by atoms with Crippen molar-refractivity contribution >= 4 is 23.2 Å². The first kappa shape index (κ1) is 16.8. The van der Waals surface area contributed by atoms with Gasteiger partial charge in [-0.25, -0.2) is 0 Å². The molecule has 0 saturated heterocycles. The second kappa shape index (κ2) is 7.30. The number of nitrogens with zero attached hydrogens (tertiary/aromatic N) is 1. The van der Waals surface area contributed by atoms with E-state index in [4.69, 9.17) is 0 Å². The molecule has 5 heteroatoms. The SMILES string of the molecule is O=C(CNCC1CC1)Nc1cccc(C(=O)N2CCc3ccccc32)c1. The highest BCUT2D eigenvalue weighted by Gasteiger charge is 2.25. The number of para-hydroxylation sites is 1. The lowest BCUT2D eigenvalue weighted by Gasteiger charge is -2.18. The molecule has 2 aliphatic rings. The van der Waals surface area contributed by atoms with Crippen LogP contribution in [-0.4, -0.2) is 31.4 Å². The maximum atomic E-state index is 12.9. The van der Waals surface area contributed by atoms with Gasteiger partial charge in [-0.05, 0) is 61.6 Å². The summed E-state index contributed by atoms with van der Waals surface area (Å²) in [4.78, 5) is 26.8. The molecule has 26 heavy (non-hydrogen) atoms. The maximum absolute atomic E-state index is 12.9. The Bertz CT molecular complexity index is 830. The van der Waals surface area contributed by atoms with E-state index in [9.17, 15) is 9.59 Å². The van der Waals surface area contributed by atoms with Crippen LogP contribution < -0.4 is 15.5 Å². The van der Waals surface area contributed by atoms with E-state index in [1.807, 2.05) is 35.2 Å². The summed E-state index contributed by atoms with van der Waals surface area (Å²) >= 11 is 0. The van der Waals surface area contributed by atoms with Crippen LogP contribution in [0, 0.1) is 5.92 Å². The van der Waals surface area contributed by atoms with Crippen molar-refractivity contribution in [3.05, 3.63) is 59.7 Å². The molecule has 2 aromatic carbocycles. The highest BCUT2D eigenvalue weighted by atomic mass is 16.2. The number of hydrogen-bond acceptors (Lipinski definition) is 3. The van der Waals surface area contributed by atoms with Gasteiger partial charge in [-0.3, -0.25) is 9.59 Å². The largest absolute Gasteiger partial charge is 0.325 e. The second-order valence-electron chi connectivity index (χ2n) is 7.04. The Hall–Kier alpha value is -2.66. The number of amides is 2. The highest BCUT2D eigenvalue weighted by Crippen LogP contribution is 2.29. The van der Waals surface area contributed by atoms with Crippen molar-refractivity contribution in [2.75, 3.05) is 29.9 Å². The van der Waals surface area contributed by atoms with Gasteiger partial charge in [0.15, 0.2) is 0 Å².